The van der Waals surface area contributed by atoms with Crippen molar-refractivity contribution in [2.75, 3.05) is 10.6 Å². The largest absolute Gasteiger partial charge is 0.375 e. The van der Waals surface area contributed by atoms with Gasteiger partial charge in [0.05, 0.1) is 17.8 Å². The second-order valence-electron chi connectivity index (χ2n) is 8.89. The molecule has 3 saturated carbocycles. The minimum absolute atomic E-state index is 0.117. The van der Waals surface area contributed by atoms with Gasteiger partial charge >= 0.3 is 0 Å². The fourth-order valence-corrected chi connectivity index (χ4v) is 3.94. The third-order valence-corrected chi connectivity index (χ3v) is 6.01. The van der Waals surface area contributed by atoms with Gasteiger partial charge < -0.3 is 21.1 Å². The van der Waals surface area contributed by atoms with Gasteiger partial charge in [-0.1, -0.05) is 0 Å². The van der Waals surface area contributed by atoms with Crippen molar-refractivity contribution in [2.24, 2.45) is 11.7 Å². The van der Waals surface area contributed by atoms with Crippen molar-refractivity contribution >= 4 is 17.7 Å². The Morgan fingerprint density at radius 3 is 2.30 bits per heavy atom. The molecule has 3 aliphatic rings. The average Bonchev–Trinajstić information content (AvgIpc) is 3.50. The van der Waals surface area contributed by atoms with E-state index in [2.05, 4.69) is 34.4 Å². The summed E-state index contributed by atoms with van der Waals surface area (Å²) in [5, 5.41) is 6.87. The monoisotopic (exact) mass is 373 g/mol. The number of nitrogens with one attached hydrogen (secondary N) is 2. The second-order valence-corrected chi connectivity index (χ2v) is 8.89. The lowest BCUT2D eigenvalue weighted by atomic mass is 9.93. The lowest BCUT2D eigenvalue weighted by Crippen LogP contribution is -2.35. The molecule has 1 aromatic rings. The normalized spacial score (nSPS) is 25.9. The molecule has 0 atom stereocenters. The van der Waals surface area contributed by atoms with Crippen molar-refractivity contribution in [3.05, 3.63) is 11.8 Å². The van der Waals surface area contributed by atoms with Crippen molar-refractivity contribution in [3.8, 4) is 0 Å². The number of carbonyl (C=O) groups excluding carboxylic acids is 1. The number of hydrogen-bond acceptors (Lipinski definition) is 6. The first-order valence-electron chi connectivity index (χ1n) is 10.3. The molecule has 4 rings (SSSR count). The first-order chi connectivity index (χ1) is 12.9. The number of anilines is 2. The molecule has 148 valence electrons. The van der Waals surface area contributed by atoms with Crippen LogP contribution in [0.25, 0.3) is 0 Å². The second kappa shape index (κ2) is 7.26. The van der Waals surface area contributed by atoms with Crippen molar-refractivity contribution in [3.63, 3.8) is 0 Å². The van der Waals surface area contributed by atoms with Crippen LogP contribution in [0.1, 0.15) is 75.6 Å². The maximum absolute atomic E-state index is 11.8. The lowest BCUT2D eigenvalue weighted by molar-refractivity contribution is 0.0146. The van der Waals surface area contributed by atoms with E-state index in [1.807, 2.05) is 0 Å². The van der Waals surface area contributed by atoms with Gasteiger partial charge in [-0.25, -0.2) is 4.98 Å². The summed E-state index contributed by atoms with van der Waals surface area (Å²) in [5.41, 5.74) is 5.75. The maximum Gasteiger partial charge on any atom is 0.254 e. The molecule has 7 nitrogen and oxygen atoms in total. The van der Waals surface area contributed by atoms with Gasteiger partial charge in [0.15, 0.2) is 0 Å². The third-order valence-electron chi connectivity index (χ3n) is 6.01. The molecule has 0 aliphatic heterocycles. The van der Waals surface area contributed by atoms with Gasteiger partial charge in [0.2, 0.25) is 5.95 Å². The Morgan fingerprint density at radius 2 is 1.74 bits per heavy atom. The molecule has 3 fully saturated rings. The molecule has 0 unspecified atom stereocenters. The smallest absolute Gasteiger partial charge is 0.254 e. The number of ether oxygens (including phenoxy) is 1. The van der Waals surface area contributed by atoms with Gasteiger partial charge in [-0.15, -0.1) is 0 Å². The fraction of sp³-hybridized carbons (Fsp3) is 0.750. The van der Waals surface area contributed by atoms with Gasteiger partial charge in [0, 0.05) is 17.8 Å². The van der Waals surface area contributed by atoms with E-state index in [1.165, 1.54) is 31.9 Å². The number of carbonyl (C=O) groups is 1. The van der Waals surface area contributed by atoms with Crippen LogP contribution < -0.4 is 16.4 Å². The summed E-state index contributed by atoms with van der Waals surface area (Å²) in [5.74, 6) is 1.18. The minimum Gasteiger partial charge on any atom is -0.375 e. The van der Waals surface area contributed by atoms with Gasteiger partial charge in [0.1, 0.15) is 5.82 Å². The Bertz CT molecular complexity index is 692. The van der Waals surface area contributed by atoms with Crippen molar-refractivity contribution in [2.45, 2.75) is 89.0 Å². The molecule has 0 saturated heterocycles. The molecular formula is C20H31N5O2. The number of nitrogens with two attached hydrogens (primary N) is 1. The van der Waals surface area contributed by atoms with Crippen LogP contribution >= 0.6 is 0 Å². The van der Waals surface area contributed by atoms with Crippen LogP contribution in [0.3, 0.4) is 0 Å². The molecule has 7 heteroatoms. The number of rotatable bonds is 8. The topological polar surface area (TPSA) is 102 Å². The molecule has 27 heavy (non-hydrogen) atoms. The lowest BCUT2D eigenvalue weighted by Gasteiger charge is -2.30. The first kappa shape index (κ1) is 18.5. The quantitative estimate of drug-likeness (QED) is 0.647. The molecular weight excluding hydrogens is 342 g/mol. The standard InChI is InChI=1S/C20H31N5O2/c1-20(2,12-3-4-12)25-18-16(17(21)26)11-22-19(24-18)23-13-5-7-14(8-6-13)27-15-9-10-15/h11-15H,3-10H2,1-2H3,(H2,21,26)(H2,22,23,24,25)/t13-,14-. The molecule has 1 amide bonds. The predicted molar refractivity (Wildman–Crippen MR) is 105 cm³/mol. The van der Waals surface area contributed by atoms with E-state index in [4.69, 9.17) is 10.5 Å². The van der Waals surface area contributed by atoms with Crippen molar-refractivity contribution in [1.29, 1.82) is 0 Å². The summed E-state index contributed by atoms with van der Waals surface area (Å²) in [7, 11) is 0. The molecule has 4 N–H and O–H groups in total. The number of aromatic nitrogens is 2. The van der Waals surface area contributed by atoms with Gasteiger partial charge in [-0.2, -0.15) is 4.98 Å². The van der Waals surface area contributed by atoms with Crippen molar-refractivity contribution in [1.82, 2.24) is 9.97 Å². The molecule has 0 bridgehead atoms. The van der Waals surface area contributed by atoms with Crippen LogP contribution in [0.15, 0.2) is 6.20 Å². The minimum atomic E-state index is -0.506. The van der Waals surface area contributed by atoms with Crippen LogP contribution in [-0.4, -0.2) is 39.7 Å². The summed E-state index contributed by atoms with van der Waals surface area (Å²) in [6.07, 6.45) is 11.6. The van der Waals surface area contributed by atoms with Crippen LogP contribution in [0, 0.1) is 5.92 Å². The molecule has 0 radical (unpaired) electrons. The van der Waals surface area contributed by atoms with E-state index in [0.717, 1.165) is 25.7 Å². The molecule has 0 aromatic carbocycles. The summed E-state index contributed by atoms with van der Waals surface area (Å²) < 4.78 is 6.02. The number of amides is 1. The summed E-state index contributed by atoms with van der Waals surface area (Å²) in [4.78, 5) is 20.7. The molecule has 0 spiro atoms. The summed E-state index contributed by atoms with van der Waals surface area (Å²) in [6.45, 7) is 4.29. The van der Waals surface area contributed by atoms with E-state index < -0.39 is 5.91 Å². The first-order valence-corrected chi connectivity index (χ1v) is 10.3. The summed E-state index contributed by atoms with van der Waals surface area (Å²) in [6, 6.07) is 0.341. The van der Waals surface area contributed by atoms with Gasteiger partial charge in [-0.05, 0) is 71.1 Å². The Hall–Kier alpha value is -1.89. The van der Waals surface area contributed by atoms with Crippen LogP contribution in [-0.2, 0) is 4.74 Å². The average molecular weight is 374 g/mol. The molecule has 3 aliphatic carbocycles. The zero-order valence-corrected chi connectivity index (χ0v) is 16.3. The fourth-order valence-electron chi connectivity index (χ4n) is 3.94. The Morgan fingerprint density at radius 1 is 1.11 bits per heavy atom. The van der Waals surface area contributed by atoms with E-state index in [-0.39, 0.29) is 5.54 Å². The van der Waals surface area contributed by atoms with E-state index in [9.17, 15) is 4.79 Å². The van der Waals surface area contributed by atoms with Crippen molar-refractivity contribution < 1.29 is 9.53 Å². The molecule has 1 heterocycles. The Balaban J connectivity index is 1.40. The van der Waals surface area contributed by atoms with E-state index in [1.54, 1.807) is 0 Å². The highest BCUT2D eigenvalue weighted by Crippen LogP contribution is 2.41. The van der Waals surface area contributed by atoms with Crippen LogP contribution in [0.5, 0.6) is 0 Å². The summed E-state index contributed by atoms with van der Waals surface area (Å²) >= 11 is 0. The molecule has 1 aromatic heterocycles. The predicted octanol–water partition coefficient (Wildman–Crippen LogP) is 3.08. The Labute approximate surface area is 160 Å². The van der Waals surface area contributed by atoms with Gasteiger partial charge in [-0.3, -0.25) is 4.79 Å². The maximum atomic E-state index is 11.8. The Kier molecular flexibility index (Phi) is 4.97. The van der Waals surface area contributed by atoms with E-state index in [0.29, 0.717) is 41.5 Å². The highest BCUT2D eigenvalue weighted by atomic mass is 16.5. The highest BCUT2D eigenvalue weighted by Gasteiger charge is 2.38. The number of primary amides is 1. The van der Waals surface area contributed by atoms with Crippen LogP contribution in [0.4, 0.5) is 11.8 Å². The SMILES string of the molecule is CC(C)(Nc1nc(N[C@H]2CC[C@H](OC3CC3)CC2)ncc1C(N)=O)C1CC1. The van der Waals surface area contributed by atoms with E-state index >= 15 is 0 Å². The number of hydrogen-bond donors (Lipinski definition) is 3. The third kappa shape index (κ3) is 4.69. The van der Waals surface area contributed by atoms with Gasteiger partial charge in [0.25, 0.3) is 5.91 Å². The van der Waals surface area contributed by atoms with Crippen LogP contribution in [0.2, 0.25) is 0 Å². The number of nitrogens with zero attached hydrogens (tertiary/aromatic N) is 2. The zero-order valence-electron chi connectivity index (χ0n) is 16.3. The zero-order chi connectivity index (χ0) is 19.0. The highest BCUT2D eigenvalue weighted by molar-refractivity contribution is 5.97.